The summed E-state index contributed by atoms with van der Waals surface area (Å²) in [6.45, 7) is 3.55. The molecule has 0 bridgehead atoms. The van der Waals surface area contributed by atoms with E-state index in [1.54, 1.807) is 0 Å². The highest BCUT2D eigenvalue weighted by Crippen LogP contribution is 2.28. The number of hydrogen-bond donors (Lipinski definition) is 1. The quantitative estimate of drug-likeness (QED) is 0.179. The zero-order valence-corrected chi connectivity index (χ0v) is 22.2. The highest BCUT2D eigenvalue weighted by Gasteiger charge is 2.13. The van der Waals surface area contributed by atoms with Gasteiger partial charge in [0.25, 0.3) is 0 Å². The zero-order chi connectivity index (χ0) is 27.0. The molecule has 0 radical (unpaired) electrons. The van der Waals surface area contributed by atoms with Gasteiger partial charge in [0.15, 0.2) is 0 Å². The normalized spacial score (nSPS) is 11.3. The first-order chi connectivity index (χ1) is 19.1. The van der Waals surface area contributed by atoms with E-state index in [-0.39, 0.29) is 6.42 Å². The van der Waals surface area contributed by atoms with Crippen LogP contribution in [0.25, 0.3) is 34.2 Å². The summed E-state index contributed by atoms with van der Waals surface area (Å²) >= 11 is 0. The van der Waals surface area contributed by atoms with Crippen LogP contribution in [0.5, 0.6) is 5.75 Å². The van der Waals surface area contributed by atoms with Crippen LogP contribution in [-0.4, -0.2) is 15.6 Å². The molecular weight excluding hydrogens is 482 g/mol. The van der Waals surface area contributed by atoms with Crippen LogP contribution in [0.15, 0.2) is 103 Å². The van der Waals surface area contributed by atoms with Crippen LogP contribution >= 0.6 is 0 Å². The lowest BCUT2D eigenvalue weighted by molar-refractivity contribution is -0.136. The molecule has 196 valence electrons. The third kappa shape index (κ3) is 6.47. The lowest BCUT2D eigenvalue weighted by Crippen LogP contribution is -1.99. The maximum Gasteiger partial charge on any atom is 0.307 e. The number of carboxylic acid groups (broad SMARTS) is 1. The number of fused-ring (bicyclic) bond motifs is 1. The third-order valence-corrected chi connectivity index (χ3v) is 6.89. The van der Waals surface area contributed by atoms with Gasteiger partial charge in [-0.05, 0) is 64.1 Å². The number of aromatic nitrogens is 1. The van der Waals surface area contributed by atoms with Crippen molar-refractivity contribution < 1.29 is 14.6 Å². The number of hydrogen-bond acceptors (Lipinski definition) is 2. The van der Waals surface area contributed by atoms with Crippen molar-refractivity contribution in [2.45, 2.75) is 39.3 Å². The van der Waals surface area contributed by atoms with Gasteiger partial charge >= 0.3 is 5.97 Å². The van der Waals surface area contributed by atoms with Crippen molar-refractivity contribution in [1.29, 1.82) is 0 Å². The third-order valence-electron chi connectivity index (χ3n) is 6.89. The SMILES string of the molecule is CCCCn1cc(CC(=O)O)c2c(/C=C/c3ccc(OCc4cccc(-c5ccccc5)c4)cc3)cccc21. The van der Waals surface area contributed by atoms with Gasteiger partial charge in [-0.25, -0.2) is 0 Å². The Bertz CT molecular complexity index is 1580. The molecule has 0 fully saturated rings. The summed E-state index contributed by atoms with van der Waals surface area (Å²) in [6, 6.07) is 33.0. The molecule has 0 aliphatic carbocycles. The Morgan fingerprint density at radius 1 is 0.872 bits per heavy atom. The maximum atomic E-state index is 11.5. The minimum atomic E-state index is -0.814. The largest absolute Gasteiger partial charge is 0.489 e. The smallest absolute Gasteiger partial charge is 0.307 e. The average molecular weight is 516 g/mol. The van der Waals surface area contributed by atoms with E-state index in [1.807, 2.05) is 54.7 Å². The first-order valence-electron chi connectivity index (χ1n) is 13.5. The van der Waals surface area contributed by atoms with Gasteiger partial charge in [0.1, 0.15) is 12.4 Å². The number of aryl methyl sites for hydroxylation is 1. The molecule has 1 aromatic heterocycles. The van der Waals surface area contributed by atoms with Gasteiger partial charge in [-0.15, -0.1) is 0 Å². The van der Waals surface area contributed by atoms with Crippen LogP contribution < -0.4 is 4.74 Å². The Kier molecular flexibility index (Phi) is 8.23. The lowest BCUT2D eigenvalue weighted by atomic mass is 10.0. The van der Waals surface area contributed by atoms with Crippen molar-refractivity contribution in [3.8, 4) is 16.9 Å². The minimum absolute atomic E-state index is 0.0147. The van der Waals surface area contributed by atoms with Crippen molar-refractivity contribution in [1.82, 2.24) is 4.57 Å². The summed E-state index contributed by atoms with van der Waals surface area (Å²) in [5.74, 6) is 0.00168. The predicted molar refractivity (Wildman–Crippen MR) is 160 cm³/mol. The summed E-state index contributed by atoms with van der Waals surface area (Å²) in [6.07, 6.45) is 8.31. The Balaban J connectivity index is 1.30. The van der Waals surface area contributed by atoms with E-state index in [9.17, 15) is 9.90 Å². The Hall–Kier alpha value is -4.57. The van der Waals surface area contributed by atoms with E-state index in [0.29, 0.717) is 6.61 Å². The molecule has 0 amide bonds. The van der Waals surface area contributed by atoms with Gasteiger partial charge in [0, 0.05) is 23.6 Å². The molecule has 5 aromatic rings. The van der Waals surface area contributed by atoms with Gasteiger partial charge in [0.05, 0.1) is 6.42 Å². The molecule has 4 heteroatoms. The molecule has 4 aromatic carbocycles. The number of ether oxygens (including phenoxy) is 1. The van der Waals surface area contributed by atoms with Gasteiger partial charge in [-0.1, -0.05) is 98.3 Å². The van der Waals surface area contributed by atoms with E-state index >= 15 is 0 Å². The molecule has 5 rings (SSSR count). The zero-order valence-electron chi connectivity index (χ0n) is 22.2. The molecule has 0 saturated carbocycles. The molecule has 39 heavy (non-hydrogen) atoms. The van der Waals surface area contributed by atoms with Crippen LogP contribution in [-0.2, 0) is 24.4 Å². The summed E-state index contributed by atoms with van der Waals surface area (Å²) in [5.41, 5.74) is 7.51. The fourth-order valence-electron chi connectivity index (χ4n) is 4.92. The monoisotopic (exact) mass is 515 g/mol. The molecule has 0 saturated heterocycles. The fourth-order valence-corrected chi connectivity index (χ4v) is 4.92. The number of carboxylic acids is 1. The second-order valence-electron chi connectivity index (χ2n) is 9.77. The second kappa shape index (κ2) is 12.3. The molecule has 1 N–H and O–H groups in total. The Morgan fingerprint density at radius 3 is 2.41 bits per heavy atom. The molecule has 0 atom stereocenters. The number of benzene rings is 4. The molecule has 0 unspecified atom stereocenters. The average Bonchev–Trinajstić information content (AvgIpc) is 3.32. The predicted octanol–water partition coefficient (Wildman–Crippen LogP) is 8.48. The van der Waals surface area contributed by atoms with Gasteiger partial charge in [0.2, 0.25) is 0 Å². The molecule has 4 nitrogen and oxygen atoms in total. The summed E-state index contributed by atoms with van der Waals surface area (Å²) in [5, 5.41) is 10.5. The highest BCUT2D eigenvalue weighted by molar-refractivity contribution is 5.96. The van der Waals surface area contributed by atoms with Gasteiger partial charge in [-0.3, -0.25) is 4.79 Å². The standard InChI is InChI=1S/C35H33NO3/c1-2-3-21-36-24-31(23-34(37)38)35-29(12-8-14-33(35)36)18-15-26-16-19-32(20-17-26)39-25-27-9-7-13-30(22-27)28-10-5-4-6-11-28/h4-20,22,24H,2-3,21,23,25H2,1H3,(H,37,38)/b18-15+. The van der Waals surface area contributed by atoms with Crippen molar-refractivity contribution >= 4 is 29.0 Å². The number of nitrogens with zero attached hydrogens (tertiary/aromatic N) is 1. The highest BCUT2D eigenvalue weighted by atomic mass is 16.5. The number of rotatable bonds is 11. The van der Waals surface area contributed by atoms with Crippen molar-refractivity contribution in [2.24, 2.45) is 0 Å². The molecule has 0 spiro atoms. The lowest BCUT2D eigenvalue weighted by Gasteiger charge is -2.09. The second-order valence-corrected chi connectivity index (χ2v) is 9.77. The van der Waals surface area contributed by atoms with Crippen LogP contribution in [0.4, 0.5) is 0 Å². The molecule has 1 heterocycles. The van der Waals surface area contributed by atoms with Gasteiger partial charge in [-0.2, -0.15) is 0 Å². The number of carbonyl (C=O) groups is 1. The molecule has 0 aliphatic heterocycles. The van der Waals surface area contributed by atoms with Crippen LogP contribution in [0.1, 0.15) is 42.0 Å². The summed E-state index contributed by atoms with van der Waals surface area (Å²) < 4.78 is 8.25. The Labute approximate surface area is 229 Å². The first kappa shape index (κ1) is 26.1. The maximum absolute atomic E-state index is 11.5. The summed E-state index contributed by atoms with van der Waals surface area (Å²) in [7, 11) is 0. The van der Waals surface area contributed by atoms with E-state index in [0.717, 1.165) is 58.3 Å². The van der Waals surface area contributed by atoms with Crippen molar-refractivity contribution in [3.63, 3.8) is 0 Å². The van der Waals surface area contributed by atoms with Gasteiger partial charge < -0.3 is 14.4 Å². The van der Waals surface area contributed by atoms with E-state index in [2.05, 4.69) is 72.2 Å². The number of aliphatic carboxylic acids is 1. The first-order valence-corrected chi connectivity index (χ1v) is 13.5. The molecule has 0 aliphatic rings. The molecular formula is C35H33NO3. The van der Waals surface area contributed by atoms with Crippen molar-refractivity contribution in [2.75, 3.05) is 0 Å². The van der Waals surface area contributed by atoms with Crippen LogP contribution in [0.2, 0.25) is 0 Å². The van der Waals surface area contributed by atoms with Crippen LogP contribution in [0.3, 0.4) is 0 Å². The van der Waals surface area contributed by atoms with E-state index in [1.165, 1.54) is 11.1 Å². The number of unbranched alkanes of at least 4 members (excludes halogenated alkanes) is 1. The van der Waals surface area contributed by atoms with Crippen molar-refractivity contribution in [3.05, 3.63) is 126 Å². The van der Waals surface area contributed by atoms with Crippen LogP contribution in [0, 0.1) is 0 Å². The summed E-state index contributed by atoms with van der Waals surface area (Å²) in [4.78, 5) is 11.5. The fraction of sp³-hybridized carbons (Fsp3) is 0.171. The Morgan fingerprint density at radius 2 is 1.64 bits per heavy atom. The van der Waals surface area contributed by atoms with E-state index < -0.39 is 5.97 Å². The topological polar surface area (TPSA) is 51.5 Å². The van der Waals surface area contributed by atoms with E-state index in [4.69, 9.17) is 4.74 Å². The minimum Gasteiger partial charge on any atom is -0.489 e.